The Morgan fingerprint density at radius 1 is 1.39 bits per heavy atom. The van der Waals surface area contributed by atoms with Crippen molar-refractivity contribution < 1.29 is 4.79 Å². The van der Waals surface area contributed by atoms with Crippen LogP contribution in [0.15, 0.2) is 0 Å². The monoisotopic (exact) mass is 270 g/mol. The molecule has 1 amide bonds. The largest absolute Gasteiger partial charge is 0.353 e. The summed E-state index contributed by atoms with van der Waals surface area (Å²) in [5.41, 5.74) is 5.49. The van der Waals surface area contributed by atoms with Crippen molar-refractivity contribution in [2.24, 2.45) is 11.7 Å². The third kappa shape index (κ3) is 3.02. The maximum absolute atomic E-state index is 12.2. The van der Waals surface area contributed by atoms with Gasteiger partial charge in [-0.15, -0.1) is 0 Å². The molecule has 1 unspecified atom stereocenters. The maximum atomic E-state index is 12.2. The molecule has 0 aromatic rings. The summed E-state index contributed by atoms with van der Waals surface area (Å²) in [6.07, 6.45) is 10.7. The average molecular weight is 270 g/mol. The summed E-state index contributed by atoms with van der Waals surface area (Å²) in [6.45, 7) is 2.67. The van der Waals surface area contributed by atoms with E-state index in [1.54, 1.807) is 0 Å². The first-order chi connectivity index (χ1) is 8.50. The second kappa shape index (κ2) is 5.41. The normalized spacial score (nSPS) is 26.4. The number of hydrogen-bond donors (Lipinski definition) is 2. The molecule has 104 valence electrons. The van der Waals surface area contributed by atoms with Crippen LogP contribution in [0.25, 0.3) is 0 Å². The third-order valence-corrected chi connectivity index (χ3v) is 6.10. The summed E-state index contributed by atoms with van der Waals surface area (Å²) < 4.78 is 0.257. The van der Waals surface area contributed by atoms with E-state index in [0.29, 0.717) is 5.92 Å². The second-order valence-electron chi connectivity index (χ2n) is 6.19. The minimum atomic E-state index is -0.658. The van der Waals surface area contributed by atoms with Gasteiger partial charge in [-0.05, 0) is 44.8 Å². The molecule has 0 radical (unpaired) electrons. The predicted octanol–water partition coefficient (Wildman–Crippen LogP) is 2.30. The number of nitrogens with two attached hydrogens (primary N) is 1. The van der Waals surface area contributed by atoms with Crippen molar-refractivity contribution >= 4 is 17.7 Å². The molecule has 2 fully saturated rings. The molecule has 2 rings (SSSR count). The molecule has 3 nitrogen and oxygen atoms in total. The summed E-state index contributed by atoms with van der Waals surface area (Å²) in [4.78, 5) is 12.2. The Morgan fingerprint density at radius 2 is 2.00 bits per heavy atom. The Hall–Kier alpha value is -0.220. The van der Waals surface area contributed by atoms with Crippen molar-refractivity contribution in [3.63, 3.8) is 0 Å². The zero-order valence-electron chi connectivity index (χ0n) is 11.6. The highest BCUT2D eigenvalue weighted by molar-refractivity contribution is 8.00. The Morgan fingerprint density at radius 3 is 2.50 bits per heavy atom. The number of carbonyl (C=O) groups excluding carboxylic acids is 1. The van der Waals surface area contributed by atoms with E-state index in [2.05, 4.69) is 11.6 Å². The minimum Gasteiger partial charge on any atom is -0.353 e. The second-order valence-corrected chi connectivity index (χ2v) is 7.46. The molecule has 0 bridgehead atoms. The molecule has 18 heavy (non-hydrogen) atoms. The summed E-state index contributed by atoms with van der Waals surface area (Å²) >= 11 is 1.91. The molecule has 0 aromatic heterocycles. The van der Waals surface area contributed by atoms with E-state index >= 15 is 0 Å². The van der Waals surface area contributed by atoms with Gasteiger partial charge in [-0.2, -0.15) is 11.8 Å². The minimum absolute atomic E-state index is 0.0454. The molecular formula is C14H26N2OS. The fourth-order valence-corrected chi connectivity index (χ4v) is 3.86. The smallest absolute Gasteiger partial charge is 0.240 e. The van der Waals surface area contributed by atoms with Gasteiger partial charge in [-0.25, -0.2) is 0 Å². The number of carbonyl (C=O) groups is 1. The van der Waals surface area contributed by atoms with Crippen LogP contribution in [0, 0.1) is 5.92 Å². The number of thioether (sulfide) groups is 1. The van der Waals surface area contributed by atoms with Crippen molar-refractivity contribution in [1.82, 2.24) is 5.32 Å². The van der Waals surface area contributed by atoms with Crippen LogP contribution in [0.5, 0.6) is 0 Å². The molecule has 2 aliphatic carbocycles. The highest BCUT2D eigenvalue weighted by atomic mass is 32.2. The third-order valence-electron chi connectivity index (χ3n) is 4.68. The first-order valence-electron chi connectivity index (χ1n) is 7.12. The molecular weight excluding hydrogens is 244 g/mol. The van der Waals surface area contributed by atoms with Gasteiger partial charge < -0.3 is 11.1 Å². The molecule has 1 atom stereocenters. The molecule has 0 heterocycles. The number of amides is 1. The van der Waals surface area contributed by atoms with Gasteiger partial charge in [0.15, 0.2) is 0 Å². The van der Waals surface area contributed by atoms with E-state index in [1.165, 1.54) is 32.1 Å². The molecule has 2 aliphatic rings. The first kappa shape index (κ1) is 14.2. The van der Waals surface area contributed by atoms with Gasteiger partial charge in [0.25, 0.3) is 0 Å². The average Bonchev–Trinajstić information content (AvgIpc) is 3.21. The van der Waals surface area contributed by atoms with Crippen molar-refractivity contribution in [3.8, 4) is 0 Å². The molecule has 4 heteroatoms. The first-order valence-corrected chi connectivity index (χ1v) is 8.35. The molecule has 2 saturated carbocycles. The van der Waals surface area contributed by atoms with Gasteiger partial charge in [0.05, 0.1) is 5.54 Å². The highest BCUT2D eigenvalue weighted by Crippen LogP contribution is 2.40. The Balaban J connectivity index is 1.87. The predicted molar refractivity (Wildman–Crippen MR) is 77.7 cm³/mol. The summed E-state index contributed by atoms with van der Waals surface area (Å²) in [7, 11) is 0. The van der Waals surface area contributed by atoms with Gasteiger partial charge in [-0.1, -0.05) is 19.3 Å². The van der Waals surface area contributed by atoms with Crippen molar-refractivity contribution in [1.29, 1.82) is 0 Å². The number of hydrogen-bond acceptors (Lipinski definition) is 3. The number of nitrogens with one attached hydrogen (secondary N) is 1. The standard InChI is InChI=1S/C14H26N2OS/c1-13(15,11-6-7-11)12(17)16-10-14(18-2)8-4-3-5-9-14/h11H,3-10,15H2,1-2H3,(H,16,17). The fourth-order valence-electron chi connectivity index (χ4n) is 2.95. The summed E-state index contributed by atoms with van der Waals surface area (Å²) in [5.74, 6) is 0.443. The van der Waals surface area contributed by atoms with Crippen molar-refractivity contribution in [2.45, 2.75) is 62.2 Å². The van der Waals surface area contributed by atoms with Gasteiger partial charge in [0.1, 0.15) is 0 Å². The van der Waals surface area contributed by atoms with Crippen LogP contribution >= 0.6 is 11.8 Å². The molecule has 0 saturated heterocycles. The van der Waals surface area contributed by atoms with Crippen LogP contribution < -0.4 is 11.1 Å². The molecule has 0 spiro atoms. The van der Waals surface area contributed by atoms with Crippen LogP contribution in [-0.4, -0.2) is 29.0 Å². The van der Waals surface area contributed by atoms with E-state index in [9.17, 15) is 4.79 Å². The van der Waals surface area contributed by atoms with Crippen LogP contribution in [-0.2, 0) is 4.79 Å². The van der Waals surface area contributed by atoms with E-state index in [4.69, 9.17) is 5.73 Å². The van der Waals surface area contributed by atoms with Crippen molar-refractivity contribution in [2.75, 3.05) is 12.8 Å². The summed E-state index contributed by atoms with van der Waals surface area (Å²) in [6, 6.07) is 0. The molecule has 0 aromatic carbocycles. The summed E-state index contributed by atoms with van der Waals surface area (Å²) in [5, 5.41) is 3.12. The Bertz CT molecular complexity index is 307. The lowest BCUT2D eigenvalue weighted by molar-refractivity contribution is -0.126. The Kier molecular flexibility index (Phi) is 4.27. The SMILES string of the molecule is CSC1(CNC(=O)C(C)(N)C2CC2)CCCCC1. The lowest BCUT2D eigenvalue weighted by Crippen LogP contribution is -2.56. The van der Waals surface area contributed by atoms with E-state index < -0.39 is 5.54 Å². The Labute approximate surface area is 115 Å². The van der Waals surface area contributed by atoms with Gasteiger partial charge in [-0.3, -0.25) is 4.79 Å². The maximum Gasteiger partial charge on any atom is 0.240 e. The van der Waals surface area contributed by atoms with E-state index in [1.807, 2.05) is 18.7 Å². The zero-order valence-corrected chi connectivity index (χ0v) is 12.4. The molecule has 0 aliphatic heterocycles. The fraction of sp³-hybridized carbons (Fsp3) is 0.929. The van der Waals surface area contributed by atoms with Crippen LogP contribution in [0.2, 0.25) is 0 Å². The number of rotatable bonds is 5. The topological polar surface area (TPSA) is 55.1 Å². The lowest BCUT2D eigenvalue weighted by atomic mass is 9.87. The highest BCUT2D eigenvalue weighted by Gasteiger charge is 2.44. The van der Waals surface area contributed by atoms with Crippen LogP contribution in [0.3, 0.4) is 0 Å². The molecule has 3 N–H and O–H groups in total. The van der Waals surface area contributed by atoms with E-state index in [-0.39, 0.29) is 10.7 Å². The van der Waals surface area contributed by atoms with Gasteiger partial charge in [0.2, 0.25) is 5.91 Å². The van der Waals surface area contributed by atoms with Crippen LogP contribution in [0.4, 0.5) is 0 Å². The quantitative estimate of drug-likeness (QED) is 0.806. The van der Waals surface area contributed by atoms with Crippen LogP contribution in [0.1, 0.15) is 51.9 Å². The van der Waals surface area contributed by atoms with E-state index in [0.717, 1.165) is 19.4 Å². The zero-order chi connectivity index (χ0) is 13.2. The van der Waals surface area contributed by atoms with Gasteiger partial charge in [0, 0.05) is 11.3 Å². The van der Waals surface area contributed by atoms with Gasteiger partial charge >= 0.3 is 0 Å². The lowest BCUT2D eigenvalue weighted by Gasteiger charge is -2.37. The van der Waals surface area contributed by atoms with Crippen molar-refractivity contribution in [3.05, 3.63) is 0 Å².